The molecule has 1 amide bonds. The number of hydrogen-bond donors (Lipinski definition) is 0. The molecule has 6 heteroatoms. The Kier molecular flexibility index (Phi) is 6.83. The van der Waals surface area contributed by atoms with Crippen LogP contribution in [-0.2, 0) is 13.0 Å². The van der Waals surface area contributed by atoms with E-state index >= 15 is 0 Å². The van der Waals surface area contributed by atoms with Gasteiger partial charge in [-0.15, -0.1) is 0 Å². The van der Waals surface area contributed by atoms with E-state index in [1.165, 1.54) is 0 Å². The summed E-state index contributed by atoms with van der Waals surface area (Å²) >= 11 is 0. The van der Waals surface area contributed by atoms with Gasteiger partial charge in [-0.05, 0) is 54.3 Å². The fraction of sp³-hybridized carbons (Fsp3) is 0.176. The van der Waals surface area contributed by atoms with E-state index in [9.17, 15) is 9.59 Å². The molecule has 40 heavy (non-hydrogen) atoms. The van der Waals surface area contributed by atoms with Gasteiger partial charge in [0.15, 0.2) is 16.9 Å². The van der Waals surface area contributed by atoms with Crippen LogP contribution in [0.4, 0.5) is 0 Å². The van der Waals surface area contributed by atoms with Crippen LogP contribution < -0.4 is 14.9 Å². The molecule has 1 aliphatic heterocycles. The van der Waals surface area contributed by atoms with Crippen LogP contribution in [0.3, 0.4) is 0 Å². The van der Waals surface area contributed by atoms with Gasteiger partial charge in [0.25, 0.3) is 5.91 Å². The summed E-state index contributed by atoms with van der Waals surface area (Å²) in [7, 11) is 1.58. The minimum atomic E-state index is -0.621. The van der Waals surface area contributed by atoms with Crippen molar-refractivity contribution < 1.29 is 18.7 Å². The molecule has 2 heterocycles. The molecule has 0 saturated carbocycles. The second-order valence-electron chi connectivity index (χ2n) is 9.99. The first-order valence-corrected chi connectivity index (χ1v) is 13.3. The number of carbonyl (C=O) groups is 1. The maximum Gasteiger partial charge on any atom is 0.290 e. The zero-order valence-electron chi connectivity index (χ0n) is 22.4. The van der Waals surface area contributed by atoms with Crippen LogP contribution in [0, 0.1) is 6.92 Å². The minimum absolute atomic E-state index is 0.0998. The quantitative estimate of drug-likeness (QED) is 0.229. The van der Waals surface area contributed by atoms with Crippen molar-refractivity contribution >= 4 is 16.9 Å². The Morgan fingerprint density at radius 3 is 2.27 bits per heavy atom. The lowest BCUT2D eigenvalue weighted by molar-refractivity contribution is 0.0730. The van der Waals surface area contributed by atoms with Crippen LogP contribution in [0.1, 0.15) is 44.4 Å². The van der Waals surface area contributed by atoms with Crippen molar-refractivity contribution in [3.8, 4) is 11.5 Å². The van der Waals surface area contributed by atoms with Crippen molar-refractivity contribution in [1.29, 1.82) is 0 Å². The van der Waals surface area contributed by atoms with Crippen molar-refractivity contribution in [1.82, 2.24) is 4.90 Å². The number of rotatable bonds is 8. The standard InChI is InChI=1S/C34H29NO5/c1-22-13-15-27-26(19-22)32(36)30-31(35(34(37)33(30)40-27)18-17-23-9-5-3-6-10-23)25-14-16-28(29(20-25)38-2)39-21-24-11-7-4-8-12-24/h3-16,19-20,31H,17-18,21H2,1-2H3. The van der Waals surface area contributed by atoms with Crippen molar-refractivity contribution in [3.05, 3.63) is 141 Å². The fourth-order valence-corrected chi connectivity index (χ4v) is 5.31. The molecular weight excluding hydrogens is 502 g/mol. The highest BCUT2D eigenvalue weighted by molar-refractivity contribution is 5.99. The third-order valence-electron chi connectivity index (χ3n) is 7.35. The molecule has 1 unspecified atom stereocenters. The molecule has 1 aliphatic rings. The van der Waals surface area contributed by atoms with Crippen LogP contribution in [0.2, 0.25) is 0 Å². The number of hydrogen-bond acceptors (Lipinski definition) is 5. The number of benzene rings is 4. The van der Waals surface area contributed by atoms with E-state index in [-0.39, 0.29) is 17.1 Å². The summed E-state index contributed by atoms with van der Waals surface area (Å²) in [5.41, 5.74) is 4.42. The lowest BCUT2D eigenvalue weighted by Crippen LogP contribution is -2.31. The van der Waals surface area contributed by atoms with Crippen molar-refractivity contribution in [2.45, 2.75) is 26.0 Å². The third kappa shape index (κ3) is 4.73. The van der Waals surface area contributed by atoms with E-state index < -0.39 is 6.04 Å². The largest absolute Gasteiger partial charge is 0.493 e. The Balaban J connectivity index is 1.42. The Hall–Kier alpha value is -4.84. The fourth-order valence-electron chi connectivity index (χ4n) is 5.31. The summed E-state index contributed by atoms with van der Waals surface area (Å²) in [6.07, 6.45) is 0.638. The monoisotopic (exact) mass is 531 g/mol. The maximum absolute atomic E-state index is 13.9. The van der Waals surface area contributed by atoms with Crippen LogP contribution >= 0.6 is 0 Å². The first-order valence-electron chi connectivity index (χ1n) is 13.3. The third-order valence-corrected chi connectivity index (χ3v) is 7.35. The Bertz CT molecular complexity index is 1740. The number of nitrogens with zero attached hydrogens (tertiary/aromatic N) is 1. The number of fused-ring (bicyclic) bond motifs is 2. The summed E-state index contributed by atoms with van der Waals surface area (Å²) in [6, 6.07) is 30.3. The van der Waals surface area contributed by atoms with E-state index in [0.717, 1.165) is 22.3 Å². The second kappa shape index (κ2) is 10.7. The molecule has 1 atom stereocenters. The number of ether oxygens (including phenoxy) is 2. The molecule has 0 spiro atoms. The Morgan fingerprint density at radius 2 is 1.55 bits per heavy atom. The van der Waals surface area contributed by atoms with Gasteiger partial charge in [0.2, 0.25) is 5.76 Å². The van der Waals surface area contributed by atoms with E-state index in [1.807, 2.05) is 97.9 Å². The normalized spacial score (nSPS) is 14.4. The number of aryl methyl sites for hydroxylation is 1. The van der Waals surface area contributed by atoms with Crippen LogP contribution in [0.25, 0.3) is 11.0 Å². The lowest BCUT2D eigenvalue weighted by Gasteiger charge is -2.26. The van der Waals surface area contributed by atoms with Gasteiger partial charge in [0.1, 0.15) is 12.2 Å². The first kappa shape index (κ1) is 25.4. The van der Waals surface area contributed by atoms with Gasteiger partial charge in [-0.25, -0.2) is 0 Å². The SMILES string of the molecule is COc1cc(C2c3c(oc4ccc(C)cc4c3=O)C(=O)N2CCc2ccccc2)ccc1OCc1ccccc1. The van der Waals surface area contributed by atoms with Gasteiger partial charge in [-0.1, -0.05) is 78.4 Å². The topological polar surface area (TPSA) is 69.0 Å². The van der Waals surface area contributed by atoms with Gasteiger partial charge in [-0.2, -0.15) is 0 Å². The van der Waals surface area contributed by atoms with Crippen molar-refractivity contribution in [3.63, 3.8) is 0 Å². The zero-order valence-corrected chi connectivity index (χ0v) is 22.4. The zero-order chi connectivity index (χ0) is 27.6. The predicted octanol–water partition coefficient (Wildman–Crippen LogP) is 6.48. The average Bonchev–Trinajstić information content (AvgIpc) is 3.27. The van der Waals surface area contributed by atoms with E-state index in [0.29, 0.717) is 47.6 Å². The van der Waals surface area contributed by atoms with Crippen molar-refractivity contribution in [2.24, 2.45) is 0 Å². The lowest BCUT2D eigenvalue weighted by atomic mass is 9.97. The smallest absolute Gasteiger partial charge is 0.290 e. The molecule has 0 bridgehead atoms. The molecule has 0 aliphatic carbocycles. The average molecular weight is 532 g/mol. The number of methoxy groups -OCH3 is 1. The molecule has 0 fully saturated rings. The van der Waals surface area contributed by atoms with Gasteiger partial charge >= 0.3 is 0 Å². The predicted molar refractivity (Wildman–Crippen MR) is 154 cm³/mol. The summed E-state index contributed by atoms with van der Waals surface area (Å²) in [5.74, 6) is 0.914. The minimum Gasteiger partial charge on any atom is -0.493 e. The maximum atomic E-state index is 13.9. The van der Waals surface area contributed by atoms with E-state index in [1.54, 1.807) is 18.1 Å². The Morgan fingerprint density at radius 1 is 0.825 bits per heavy atom. The summed E-state index contributed by atoms with van der Waals surface area (Å²) < 4.78 is 17.9. The van der Waals surface area contributed by atoms with Crippen LogP contribution in [-0.4, -0.2) is 24.5 Å². The number of carbonyl (C=O) groups excluding carboxylic acids is 1. The van der Waals surface area contributed by atoms with Gasteiger partial charge in [-0.3, -0.25) is 9.59 Å². The molecule has 0 saturated heterocycles. The van der Waals surface area contributed by atoms with E-state index in [4.69, 9.17) is 13.9 Å². The molecule has 6 rings (SSSR count). The van der Waals surface area contributed by atoms with Crippen molar-refractivity contribution in [2.75, 3.05) is 13.7 Å². The first-order chi connectivity index (χ1) is 19.5. The van der Waals surface area contributed by atoms with Gasteiger partial charge in [0.05, 0.1) is 24.1 Å². The highest BCUT2D eigenvalue weighted by Crippen LogP contribution is 2.41. The summed E-state index contributed by atoms with van der Waals surface area (Å²) in [5, 5.41) is 0.469. The van der Waals surface area contributed by atoms with Crippen LogP contribution in [0.5, 0.6) is 11.5 Å². The molecule has 0 radical (unpaired) electrons. The van der Waals surface area contributed by atoms with Gasteiger partial charge in [0, 0.05) is 6.54 Å². The summed E-state index contributed by atoms with van der Waals surface area (Å²) in [6.45, 7) is 2.74. The molecular formula is C34H29NO5. The molecule has 4 aromatic carbocycles. The molecule has 6 nitrogen and oxygen atoms in total. The van der Waals surface area contributed by atoms with Gasteiger partial charge < -0.3 is 18.8 Å². The highest BCUT2D eigenvalue weighted by atomic mass is 16.5. The second-order valence-corrected chi connectivity index (χ2v) is 9.99. The molecule has 5 aromatic rings. The molecule has 0 N–H and O–H groups in total. The highest BCUT2D eigenvalue weighted by Gasteiger charge is 2.42. The Labute approximate surface area is 232 Å². The molecule has 200 valence electrons. The summed E-state index contributed by atoms with van der Waals surface area (Å²) in [4.78, 5) is 29.4. The van der Waals surface area contributed by atoms with E-state index in [2.05, 4.69) is 0 Å². The molecule has 1 aromatic heterocycles. The van der Waals surface area contributed by atoms with Crippen LogP contribution in [0.15, 0.2) is 106 Å². The number of amides is 1.